The van der Waals surface area contributed by atoms with Gasteiger partial charge in [0.2, 0.25) is 0 Å². The summed E-state index contributed by atoms with van der Waals surface area (Å²) >= 11 is 0. The third-order valence-corrected chi connectivity index (χ3v) is 2.46. The van der Waals surface area contributed by atoms with Crippen LogP contribution in [0.1, 0.15) is 21.5 Å². The number of ketones is 1. The molecule has 0 unspecified atom stereocenters. The predicted molar refractivity (Wildman–Crippen MR) is 58.8 cm³/mol. The fraction of sp³-hybridized carbons (Fsp3) is 0.0769. The van der Waals surface area contributed by atoms with Crippen LogP contribution in [-0.4, -0.2) is 10.8 Å². The second-order valence-electron chi connectivity index (χ2n) is 3.64. The average Bonchev–Trinajstić information content (AvgIpc) is 2.32. The molecule has 0 radical (unpaired) electrons. The van der Waals surface area contributed by atoms with Crippen LogP contribution < -0.4 is 0 Å². The highest BCUT2D eigenvalue weighted by molar-refractivity contribution is 6.09. The summed E-state index contributed by atoms with van der Waals surface area (Å²) < 4.78 is 26.4. The summed E-state index contributed by atoms with van der Waals surface area (Å²) in [6.07, 6.45) is 2.88. The molecule has 0 atom stereocenters. The van der Waals surface area contributed by atoms with Crippen molar-refractivity contribution < 1.29 is 13.6 Å². The molecule has 17 heavy (non-hydrogen) atoms. The van der Waals surface area contributed by atoms with Crippen LogP contribution in [0.15, 0.2) is 36.7 Å². The Balaban J connectivity index is 2.51. The molecule has 2 nitrogen and oxygen atoms in total. The van der Waals surface area contributed by atoms with E-state index in [1.54, 1.807) is 13.0 Å². The van der Waals surface area contributed by atoms with Crippen LogP contribution in [0.4, 0.5) is 8.78 Å². The monoisotopic (exact) mass is 233 g/mol. The molecule has 0 bridgehead atoms. The zero-order chi connectivity index (χ0) is 12.4. The maximum Gasteiger partial charge on any atom is 0.197 e. The van der Waals surface area contributed by atoms with E-state index in [4.69, 9.17) is 0 Å². The van der Waals surface area contributed by atoms with Crippen molar-refractivity contribution in [3.8, 4) is 0 Å². The summed E-state index contributed by atoms with van der Waals surface area (Å²) in [5, 5.41) is 0. The van der Waals surface area contributed by atoms with Gasteiger partial charge in [-0.05, 0) is 36.8 Å². The van der Waals surface area contributed by atoms with Gasteiger partial charge in [0.05, 0.1) is 5.56 Å². The van der Waals surface area contributed by atoms with Gasteiger partial charge in [-0.15, -0.1) is 0 Å². The SMILES string of the molecule is Cc1ccncc1C(=O)c1cc(F)ccc1F. The zero-order valence-electron chi connectivity index (χ0n) is 9.08. The van der Waals surface area contributed by atoms with Gasteiger partial charge >= 0.3 is 0 Å². The van der Waals surface area contributed by atoms with Gasteiger partial charge in [-0.1, -0.05) is 0 Å². The molecule has 0 aliphatic heterocycles. The van der Waals surface area contributed by atoms with Crippen molar-refractivity contribution in [2.24, 2.45) is 0 Å². The molecule has 1 heterocycles. The maximum atomic E-state index is 13.4. The summed E-state index contributed by atoms with van der Waals surface area (Å²) in [5.74, 6) is -1.94. The highest BCUT2D eigenvalue weighted by atomic mass is 19.1. The molecule has 0 N–H and O–H groups in total. The van der Waals surface area contributed by atoms with Crippen molar-refractivity contribution in [1.29, 1.82) is 0 Å². The van der Waals surface area contributed by atoms with Gasteiger partial charge in [-0.2, -0.15) is 0 Å². The molecule has 2 aromatic rings. The molecule has 86 valence electrons. The Labute approximate surface area is 96.9 Å². The lowest BCUT2D eigenvalue weighted by Gasteiger charge is -2.05. The van der Waals surface area contributed by atoms with Crippen LogP contribution in [0.5, 0.6) is 0 Å². The van der Waals surface area contributed by atoms with E-state index in [0.29, 0.717) is 5.56 Å². The quantitative estimate of drug-likeness (QED) is 0.746. The minimum Gasteiger partial charge on any atom is -0.288 e. The van der Waals surface area contributed by atoms with E-state index in [2.05, 4.69) is 4.98 Å². The number of aryl methyl sites for hydroxylation is 1. The average molecular weight is 233 g/mol. The molecule has 1 aromatic heterocycles. The van der Waals surface area contributed by atoms with Gasteiger partial charge in [0, 0.05) is 18.0 Å². The van der Waals surface area contributed by atoms with Crippen molar-refractivity contribution in [2.45, 2.75) is 6.92 Å². The van der Waals surface area contributed by atoms with Crippen molar-refractivity contribution in [1.82, 2.24) is 4.98 Å². The van der Waals surface area contributed by atoms with Gasteiger partial charge in [0.25, 0.3) is 0 Å². The van der Waals surface area contributed by atoms with Gasteiger partial charge < -0.3 is 0 Å². The smallest absolute Gasteiger partial charge is 0.197 e. The number of nitrogens with zero attached hydrogens (tertiary/aromatic N) is 1. The lowest BCUT2D eigenvalue weighted by Crippen LogP contribution is -2.07. The summed E-state index contributed by atoms with van der Waals surface area (Å²) in [5.41, 5.74) is 0.673. The summed E-state index contributed by atoms with van der Waals surface area (Å²) in [6, 6.07) is 4.45. The first-order chi connectivity index (χ1) is 8.09. The first kappa shape index (κ1) is 11.4. The lowest BCUT2D eigenvalue weighted by atomic mass is 10.0. The van der Waals surface area contributed by atoms with Crippen LogP contribution in [-0.2, 0) is 0 Å². The number of benzene rings is 1. The van der Waals surface area contributed by atoms with E-state index in [0.717, 1.165) is 18.2 Å². The van der Waals surface area contributed by atoms with Crippen molar-refractivity contribution in [3.63, 3.8) is 0 Å². The Morgan fingerprint density at radius 1 is 1.18 bits per heavy atom. The lowest BCUT2D eigenvalue weighted by molar-refractivity contribution is 0.103. The number of halogens is 2. The van der Waals surface area contributed by atoms with Gasteiger partial charge in [-0.3, -0.25) is 9.78 Å². The molecule has 0 aliphatic carbocycles. The van der Waals surface area contributed by atoms with E-state index in [-0.39, 0.29) is 11.1 Å². The fourth-order valence-electron chi connectivity index (χ4n) is 1.52. The minimum absolute atomic E-state index is 0.275. The van der Waals surface area contributed by atoms with Crippen LogP contribution in [0.2, 0.25) is 0 Å². The van der Waals surface area contributed by atoms with Crippen LogP contribution in [0.3, 0.4) is 0 Å². The molecule has 2 rings (SSSR count). The number of rotatable bonds is 2. The normalized spacial score (nSPS) is 10.3. The van der Waals surface area contributed by atoms with E-state index in [9.17, 15) is 13.6 Å². The molecule has 0 amide bonds. The molecule has 1 aromatic carbocycles. The summed E-state index contributed by atoms with van der Waals surface area (Å²) in [7, 11) is 0. The van der Waals surface area contributed by atoms with E-state index in [1.807, 2.05) is 0 Å². The topological polar surface area (TPSA) is 30.0 Å². The molecule has 0 aliphatic rings. The van der Waals surface area contributed by atoms with Crippen LogP contribution in [0, 0.1) is 18.6 Å². The van der Waals surface area contributed by atoms with Crippen LogP contribution >= 0.6 is 0 Å². The highest BCUT2D eigenvalue weighted by Crippen LogP contribution is 2.16. The Morgan fingerprint density at radius 2 is 1.94 bits per heavy atom. The van der Waals surface area contributed by atoms with Crippen LogP contribution in [0.25, 0.3) is 0 Å². The molecule has 0 spiro atoms. The molecule has 0 fully saturated rings. The molecule has 0 saturated heterocycles. The number of carbonyl (C=O) groups excluding carboxylic acids is 1. The highest BCUT2D eigenvalue weighted by Gasteiger charge is 2.16. The van der Waals surface area contributed by atoms with E-state index >= 15 is 0 Å². The number of hydrogen-bond donors (Lipinski definition) is 0. The predicted octanol–water partition coefficient (Wildman–Crippen LogP) is 2.90. The fourth-order valence-corrected chi connectivity index (χ4v) is 1.52. The van der Waals surface area contributed by atoms with Gasteiger partial charge in [-0.25, -0.2) is 8.78 Å². The Bertz CT molecular complexity index is 581. The second-order valence-corrected chi connectivity index (χ2v) is 3.64. The third kappa shape index (κ3) is 2.20. The van der Waals surface area contributed by atoms with Gasteiger partial charge in [0.15, 0.2) is 5.78 Å². The van der Waals surface area contributed by atoms with Crippen molar-refractivity contribution in [3.05, 3.63) is 65.0 Å². The number of aromatic nitrogens is 1. The Hall–Kier alpha value is -2.10. The third-order valence-electron chi connectivity index (χ3n) is 2.46. The summed E-state index contributed by atoms with van der Waals surface area (Å²) in [4.78, 5) is 15.8. The standard InChI is InChI=1S/C13H9F2NO/c1-8-4-5-16-7-11(8)13(17)10-6-9(14)2-3-12(10)15/h2-7H,1H3. The largest absolute Gasteiger partial charge is 0.288 e. The molecular formula is C13H9F2NO. The van der Waals surface area contributed by atoms with E-state index < -0.39 is 17.4 Å². The van der Waals surface area contributed by atoms with Gasteiger partial charge in [0.1, 0.15) is 11.6 Å². The van der Waals surface area contributed by atoms with Crippen molar-refractivity contribution >= 4 is 5.78 Å². The van der Waals surface area contributed by atoms with E-state index in [1.165, 1.54) is 12.4 Å². The summed E-state index contributed by atoms with van der Waals surface area (Å²) in [6.45, 7) is 1.71. The molecule has 4 heteroatoms. The maximum absolute atomic E-state index is 13.4. The molecule has 0 saturated carbocycles. The zero-order valence-corrected chi connectivity index (χ0v) is 9.08. The first-order valence-corrected chi connectivity index (χ1v) is 5.00. The molecular weight excluding hydrogens is 224 g/mol. The Morgan fingerprint density at radius 3 is 2.65 bits per heavy atom. The number of carbonyl (C=O) groups is 1. The minimum atomic E-state index is -0.736. The first-order valence-electron chi connectivity index (χ1n) is 5.00. The Kier molecular flexibility index (Phi) is 2.95. The number of hydrogen-bond acceptors (Lipinski definition) is 2. The second kappa shape index (κ2) is 4.41. The van der Waals surface area contributed by atoms with Crippen molar-refractivity contribution in [2.75, 3.05) is 0 Å². The number of pyridine rings is 1.